The number of nitrogens with two attached hydrogens (primary N) is 1. The molecule has 1 aromatic heterocycles. The lowest BCUT2D eigenvalue weighted by Crippen LogP contribution is -2.38. The molecule has 0 bridgehead atoms. The fraction of sp³-hybridized carbons (Fsp3) is 0.688. The maximum Gasteiger partial charge on any atom is 0.133 e. The number of anilines is 1. The number of hydrogen-bond donors (Lipinski definition) is 1. The summed E-state index contributed by atoms with van der Waals surface area (Å²) in [5.41, 5.74) is 9.37. The zero-order chi connectivity index (χ0) is 15.1. The molecule has 0 amide bonds. The maximum absolute atomic E-state index is 5.95. The van der Waals surface area contributed by atoms with Crippen molar-refractivity contribution in [1.82, 2.24) is 4.98 Å². The molecule has 114 valence electrons. The van der Waals surface area contributed by atoms with Gasteiger partial charge in [0.15, 0.2) is 0 Å². The van der Waals surface area contributed by atoms with Crippen molar-refractivity contribution >= 4 is 5.82 Å². The van der Waals surface area contributed by atoms with Crippen LogP contribution in [0.5, 0.6) is 0 Å². The molecule has 1 rings (SSSR count). The summed E-state index contributed by atoms with van der Waals surface area (Å²) in [6.45, 7) is 10.7. The minimum Gasteiger partial charge on any atom is -0.383 e. The first-order chi connectivity index (χ1) is 9.58. The third kappa shape index (κ3) is 3.93. The van der Waals surface area contributed by atoms with E-state index in [9.17, 15) is 0 Å². The van der Waals surface area contributed by atoms with Gasteiger partial charge in [-0.2, -0.15) is 0 Å². The highest BCUT2D eigenvalue weighted by Crippen LogP contribution is 2.25. The summed E-state index contributed by atoms with van der Waals surface area (Å²) in [4.78, 5) is 7.13. The van der Waals surface area contributed by atoms with Crippen LogP contribution in [0.1, 0.15) is 43.5 Å². The highest BCUT2D eigenvalue weighted by atomic mass is 16.5. The quantitative estimate of drug-likeness (QED) is 0.795. The number of aryl methyl sites for hydroxylation is 2. The predicted molar refractivity (Wildman–Crippen MR) is 85.2 cm³/mol. The van der Waals surface area contributed by atoms with Crippen LogP contribution in [0.3, 0.4) is 0 Å². The minimum atomic E-state index is 0.476. The first-order valence-corrected chi connectivity index (χ1v) is 7.51. The highest BCUT2D eigenvalue weighted by molar-refractivity contribution is 5.52. The molecule has 1 heterocycles. The zero-order valence-corrected chi connectivity index (χ0v) is 13.6. The summed E-state index contributed by atoms with van der Waals surface area (Å²) in [5, 5.41) is 0. The molecule has 0 aliphatic carbocycles. The standard InChI is InChI=1S/C16H29N3O/c1-6-14(7-2)19(8-9-20-5)16-15(11-17)12(3)10-13(4)18-16/h10,14H,6-9,11,17H2,1-5H3. The average molecular weight is 279 g/mol. The highest BCUT2D eigenvalue weighted by Gasteiger charge is 2.20. The largest absolute Gasteiger partial charge is 0.383 e. The van der Waals surface area contributed by atoms with E-state index in [4.69, 9.17) is 15.5 Å². The Hall–Kier alpha value is -1.13. The van der Waals surface area contributed by atoms with Gasteiger partial charge in [0, 0.05) is 37.5 Å². The molecule has 0 radical (unpaired) electrons. The van der Waals surface area contributed by atoms with E-state index in [0.29, 0.717) is 19.2 Å². The van der Waals surface area contributed by atoms with Crippen LogP contribution in [0.4, 0.5) is 5.82 Å². The molecule has 0 saturated heterocycles. The fourth-order valence-corrected chi connectivity index (χ4v) is 2.71. The van der Waals surface area contributed by atoms with Crippen LogP contribution < -0.4 is 10.6 Å². The van der Waals surface area contributed by atoms with E-state index >= 15 is 0 Å². The summed E-state index contributed by atoms with van der Waals surface area (Å²) >= 11 is 0. The molecule has 0 spiro atoms. The van der Waals surface area contributed by atoms with Crippen molar-refractivity contribution in [2.24, 2.45) is 5.73 Å². The lowest BCUT2D eigenvalue weighted by molar-refractivity contribution is 0.202. The molecule has 0 aliphatic heterocycles. The van der Waals surface area contributed by atoms with Gasteiger partial charge in [-0.15, -0.1) is 0 Å². The van der Waals surface area contributed by atoms with Crippen LogP contribution in [-0.4, -0.2) is 31.3 Å². The van der Waals surface area contributed by atoms with Crippen LogP contribution in [-0.2, 0) is 11.3 Å². The van der Waals surface area contributed by atoms with Crippen molar-refractivity contribution in [3.05, 3.63) is 22.9 Å². The molecule has 0 aliphatic rings. The monoisotopic (exact) mass is 279 g/mol. The van der Waals surface area contributed by atoms with Gasteiger partial charge in [0.2, 0.25) is 0 Å². The van der Waals surface area contributed by atoms with Gasteiger partial charge in [0.05, 0.1) is 6.61 Å². The molecule has 0 fully saturated rings. The molecule has 4 nitrogen and oxygen atoms in total. The Morgan fingerprint density at radius 2 is 1.95 bits per heavy atom. The van der Waals surface area contributed by atoms with Crippen LogP contribution in [0.2, 0.25) is 0 Å². The van der Waals surface area contributed by atoms with Gasteiger partial charge in [-0.3, -0.25) is 0 Å². The molecule has 0 aromatic carbocycles. The summed E-state index contributed by atoms with van der Waals surface area (Å²) in [7, 11) is 1.74. The third-order valence-corrected chi connectivity index (χ3v) is 3.85. The Labute approximate surface area is 123 Å². The van der Waals surface area contributed by atoms with Crippen LogP contribution in [0, 0.1) is 13.8 Å². The number of aromatic nitrogens is 1. The molecule has 0 saturated carbocycles. The lowest BCUT2D eigenvalue weighted by Gasteiger charge is -2.33. The fourth-order valence-electron chi connectivity index (χ4n) is 2.71. The smallest absolute Gasteiger partial charge is 0.133 e. The van der Waals surface area contributed by atoms with E-state index < -0.39 is 0 Å². The van der Waals surface area contributed by atoms with E-state index in [1.165, 1.54) is 5.56 Å². The third-order valence-electron chi connectivity index (χ3n) is 3.85. The minimum absolute atomic E-state index is 0.476. The van der Waals surface area contributed by atoms with Crippen molar-refractivity contribution < 1.29 is 4.74 Å². The Morgan fingerprint density at radius 3 is 2.45 bits per heavy atom. The summed E-state index contributed by atoms with van der Waals surface area (Å²) < 4.78 is 5.27. The Bertz CT molecular complexity index is 416. The summed E-state index contributed by atoms with van der Waals surface area (Å²) in [5.74, 6) is 1.04. The molecule has 1 aromatic rings. The molecule has 0 atom stereocenters. The van der Waals surface area contributed by atoms with Crippen molar-refractivity contribution in [2.75, 3.05) is 25.2 Å². The Balaban J connectivity index is 3.24. The van der Waals surface area contributed by atoms with Gasteiger partial charge in [-0.05, 0) is 38.3 Å². The van der Waals surface area contributed by atoms with Crippen molar-refractivity contribution in [3.63, 3.8) is 0 Å². The number of nitrogens with zero attached hydrogens (tertiary/aromatic N) is 2. The molecule has 4 heteroatoms. The van der Waals surface area contributed by atoms with Crippen LogP contribution >= 0.6 is 0 Å². The van der Waals surface area contributed by atoms with E-state index in [1.807, 2.05) is 6.92 Å². The second-order valence-electron chi connectivity index (χ2n) is 5.24. The van der Waals surface area contributed by atoms with E-state index in [1.54, 1.807) is 7.11 Å². The molecule has 0 unspecified atom stereocenters. The van der Waals surface area contributed by atoms with Crippen LogP contribution in [0.15, 0.2) is 6.07 Å². The number of methoxy groups -OCH3 is 1. The number of pyridine rings is 1. The van der Waals surface area contributed by atoms with Crippen molar-refractivity contribution in [1.29, 1.82) is 0 Å². The topological polar surface area (TPSA) is 51.4 Å². The van der Waals surface area contributed by atoms with Gasteiger partial charge in [0.25, 0.3) is 0 Å². The van der Waals surface area contributed by atoms with Gasteiger partial charge < -0.3 is 15.4 Å². The lowest BCUT2D eigenvalue weighted by atomic mass is 10.1. The van der Waals surface area contributed by atoms with Gasteiger partial charge >= 0.3 is 0 Å². The van der Waals surface area contributed by atoms with Gasteiger partial charge in [-0.1, -0.05) is 13.8 Å². The summed E-state index contributed by atoms with van der Waals surface area (Å²) in [6, 6.07) is 2.58. The molecular formula is C16H29N3O. The predicted octanol–water partition coefficient (Wildman–Crippen LogP) is 2.80. The van der Waals surface area contributed by atoms with Gasteiger partial charge in [-0.25, -0.2) is 4.98 Å². The Morgan fingerprint density at radius 1 is 1.30 bits per heavy atom. The SMILES string of the molecule is CCC(CC)N(CCOC)c1nc(C)cc(C)c1CN. The maximum atomic E-state index is 5.95. The zero-order valence-electron chi connectivity index (χ0n) is 13.6. The molecule has 2 N–H and O–H groups in total. The molecule has 20 heavy (non-hydrogen) atoms. The average Bonchev–Trinajstić information content (AvgIpc) is 2.42. The van der Waals surface area contributed by atoms with E-state index in [0.717, 1.165) is 36.5 Å². The van der Waals surface area contributed by atoms with E-state index in [-0.39, 0.29) is 0 Å². The number of hydrogen-bond acceptors (Lipinski definition) is 4. The van der Waals surface area contributed by atoms with Crippen molar-refractivity contribution in [3.8, 4) is 0 Å². The first kappa shape index (κ1) is 16.9. The van der Waals surface area contributed by atoms with E-state index in [2.05, 4.69) is 31.7 Å². The first-order valence-electron chi connectivity index (χ1n) is 7.51. The summed E-state index contributed by atoms with van der Waals surface area (Å²) in [6.07, 6.45) is 2.19. The number of rotatable bonds is 8. The van der Waals surface area contributed by atoms with Gasteiger partial charge in [0.1, 0.15) is 5.82 Å². The van der Waals surface area contributed by atoms with Crippen LogP contribution in [0.25, 0.3) is 0 Å². The number of ether oxygens (including phenoxy) is 1. The van der Waals surface area contributed by atoms with Crippen molar-refractivity contribution in [2.45, 2.75) is 53.1 Å². The normalized spacial score (nSPS) is 11.2. The second kappa shape index (κ2) is 8.22. The second-order valence-corrected chi connectivity index (χ2v) is 5.24. The molecular weight excluding hydrogens is 250 g/mol. The Kier molecular flexibility index (Phi) is 6.96.